The Balaban J connectivity index is 1.60. The summed E-state index contributed by atoms with van der Waals surface area (Å²) >= 11 is 4.49. The average molecular weight is 939 g/mol. The van der Waals surface area contributed by atoms with Crippen molar-refractivity contribution in [1.29, 1.82) is 0 Å². The van der Waals surface area contributed by atoms with Crippen LogP contribution in [0.15, 0.2) is 84.9 Å². The molecule has 4 aromatic rings. The van der Waals surface area contributed by atoms with Crippen molar-refractivity contribution in [2.45, 2.75) is 122 Å². The van der Waals surface area contributed by atoms with E-state index in [-0.39, 0.29) is 29.8 Å². The van der Waals surface area contributed by atoms with Crippen LogP contribution in [0.25, 0.3) is 11.1 Å². The van der Waals surface area contributed by atoms with E-state index in [1.807, 2.05) is 60.7 Å². The highest BCUT2D eigenvalue weighted by molar-refractivity contribution is 14.1. The third-order valence-corrected chi connectivity index (χ3v) is 13.1. The Morgan fingerprint density at radius 2 is 0.962 bits per heavy atom. The molecule has 0 radical (unpaired) electrons. The van der Waals surface area contributed by atoms with Gasteiger partial charge in [0.25, 0.3) is 0 Å². The minimum atomic E-state index is -0.879. The van der Waals surface area contributed by atoms with Gasteiger partial charge in [-0.2, -0.15) is 0 Å². The number of ketones is 2. The molecule has 5 rings (SSSR count). The molecule has 4 unspecified atom stereocenters. The number of carbonyl (C=O) groups excluding carboxylic acids is 2. The van der Waals surface area contributed by atoms with Crippen molar-refractivity contribution in [1.82, 2.24) is 0 Å². The number of halogens is 2. The molecule has 0 amide bonds. The molecule has 4 nitrogen and oxygen atoms in total. The molecule has 0 aliphatic heterocycles. The molecule has 1 aliphatic rings. The monoisotopic (exact) mass is 938 g/mol. The molecule has 2 N–H and O–H groups in total. The summed E-state index contributed by atoms with van der Waals surface area (Å²) in [7, 11) is 0. The lowest BCUT2D eigenvalue weighted by Gasteiger charge is -2.39. The molecule has 6 heteroatoms. The van der Waals surface area contributed by atoms with Crippen molar-refractivity contribution in [2.75, 3.05) is 0 Å². The lowest BCUT2D eigenvalue weighted by molar-refractivity contribution is 0.0869. The van der Waals surface area contributed by atoms with Crippen molar-refractivity contribution in [2.24, 2.45) is 11.8 Å². The first-order valence-electron chi connectivity index (χ1n) is 19.8. The normalized spacial score (nSPS) is 17.1. The predicted molar refractivity (Wildman–Crippen MR) is 235 cm³/mol. The van der Waals surface area contributed by atoms with Crippen LogP contribution in [0.4, 0.5) is 0 Å². The van der Waals surface area contributed by atoms with E-state index in [1.54, 1.807) is 0 Å². The number of Topliss-reactive ketones (excluding diaryl/α,β-unsaturated/α-hetero) is 2. The Morgan fingerprint density at radius 1 is 0.585 bits per heavy atom. The Kier molecular flexibility index (Phi) is 15.3. The van der Waals surface area contributed by atoms with Crippen molar-refractivity contribution in [3.05, 3.63) is 125 Å². The number of hydrogen-bond acceptors (Lipinski definition) is 4. The molecule has 53 heavy (non-hydrogen) atoms. The lowest BCUT2D eigenvalue weighted by atomic mass is 9.64. The second-order valence-corrected chi connectivity index (χ2v) is 17.7. The molecule has 282 valence electrons. The minimum absolute atomic E-state index is 0.0169. The van der Waals surface area contributed by atoms with Gasteiger partial charge in [0.2, 0.25) is 0 Å². The van der Waals surface area contributed by atoms with Gasteiger partial charge in [0.15, 0.2) is 11.6 Å². The zero-order chi connectivity index (χ0) is 38.1. The average Bonchev–Trinajstić information content (AvgIpc) is 3.42. The van der Waals surface area contributed by atoms with Crippen molar-refractivity contribution >= 4 is 56.7 Å². The number of hydrogen-bond donors (Lipinski definition) is 2. The van der Waals surface area contributed by atoms with Gasteiger partial charge < -0.3 is 10.2 Å². The molecule has 4 aromatic carbocycles. The molecular formula is C47H56I2O4. The number of rotatable bonds is 20. The third-order valence-electron chi connectivity index (χ3n) is 11.6. The second kappa shape index (κ2) is 19.5. The lowest BCUT2D eigenvalue weighted by Crippen LogP contribution is -2.32. The molecule has 0 fully saturated rings. The summed E-state index contributed by atoms with van der Waals surface area (Å²) in [5.41, 5.74) is 7.04. The van der Waals surface area contributed by atoms with E-state index in [4.69, 9.17) is 0 Å². The fraction of sp³-hybridized carbons (Fsp3) is 0.447. The van der Waals surface area contributed by atoms with E-state index >= 15 is 0 Å². The van der Waals surface area contributed by atoms with Gasteiger partial charge in [-0.25, -0.2) is 0 Å². The van der Waals surface area contributed by atoms with E-state index in [1.165, 1.54) is 24.0 Å². The van der Waals surface area contributed by atoms with Crippen LogP contribution in [-0.2, 0) is 5.41 Å². The topological polar surface area (TPSA) is 74.6 Å². The van der Waals surface area contributed by atoms with E-state index in [9.17, 15) is 19.8 Å². The maximum atomic E-state index is 14.0. The van der Waals surface area contributed by atoms with E-state index < -0.39 is 12.2 Å². The largest absolute Gasteiger partial charge is 0.388 e. The van der Waals surface area contributed by atoms with Crippen molar-refractivity contribution in [3.8, 4) is 11.1 Å². The summed E-state index contributed by atoms with van der Waals surface area (Å²) in [4.78, 5) is 27.9. The number of aliphatic hydroxyl groups excluding tert-OH is 2. The first-order chi connectivity index (χ1) is 25.5. The highest BCUT2D eigenvalue weighted by atomic mass is 127. The maximum Gasteiger partial charge on any atom is 0.165 e. The summed E-state index contributed by atoms with van der Waals surface area (Å²) in [6.07, 6.45) is 9.25. The van der Waals surface area contributed by atoms with Crippen LogP contribution in [0, 0.1) is 19.0 Å². The van der Waals surface area contributed by atoms with Crippen LogP contribution < -0.4 is 0 Å². The quantitative estimate of drug-likeness (QED) is 0.0684. The van der Waals surface area contributed by atoms with E-state index in [0.717, 1.165) is 80.8 Å². The van der Waals surface area contributed by atoms with Gasteiger partial charge in [-0.3, -0.25) is 9.59 Å². The fourth-order valence-electron chi connectivity index (χ4n) is 8.43. The molecule has 0 heterocycles. The highest BCUT2D eigenvalue weighted by Gasteiger charge is 2.46. The van der Waals surface area contributed by atoms with Crippen LogP contribution >= 0.6 is 45.2 Å². The van der Waals surface area contributed by atoms with Crippen LogP contribution in [-0.4, -0.2) is 21.8 Å². The highest BCUT2D eigenvalue weighted by Crippen LogP contribution is 2.57. The second-order valence-electron chi connectivity index (χ2n) is 15.2. The van der Waals surface area contributed by atoms with Crippen LogP contribution in [0.2, 0.25) is 0 Å². The summed E-state index contributed by atoms with van der Waals surface area (Å²) in [6.45, 7) is 9.12. The summed E-state index contributed by atoms with van der Waals surface area (Å²) < 4.78 is 2.17. The molecule has 0 saturated carbocycles. The first kappa shape index (κ1) is 41.8. The fourth-order valence-corrected chi connectivity index (χ4v) is 9.15. The zero-order valence-electron chi connectivity index (χ0n) is 31.8. The number of benzene rings is 4. The van der Waals surface area contributed by atoms with Gasteiger partial charge in [-0.1, -0.05) is 128 Å². The summed E-state index contributed by atoms with van der Waals surface area (Å²) in [5, 5.41) is 22.2. The van der Waals surface area contributed by atoms with Crippen LogP contribution in [0.1, 0.15) is 160 Å². The Labute approximate surface area is 344 Å². The maximum absolute atomic E-state index is 14.0. The Hall–Kier alpha value is -2.40. The van der Waals surface area contributed by atoms with Gasteiger partial charge in [0, 0.05) is 36.5 Å². The standard InChI is InChI=1S/C47H56I2O4/c1-5-9-11-31(7-3)29-47(30-32(8-4)12-10-6-2)41-25-35(45(52)27-43(50)33-13-19-37(48)20-14-33)17-23-39(41)40-24-18-36(26-42(40)47)46(53)28-44(51)34-15-21-38(49)22-16-34/h13-26,31-32,43-44,50-51H,5-12,27-30H2,1-4H3. The molecule has 0 saturated heterocycles. The predicted octanol–water partition coefficient (Wildman–Crippen LogP) is 13.0. The van der Waals surface area contributed by atoms with Crippen LogP contribution in [0.3, 0.4) is 0 Å². The molecule has 0 bridgehead atoms. The molecule has 4 atom stereocenters. The third kappa shape index (κ3) is 10.1. The van der Waals surface area contributed by atoms with Crippen molar-refractivity contribution < 1.29 is 19.8 Å². The summed E-state index contributed by atoms with van der Waals surface area (Å²) in [6, 6.07) is 27.8. The molecular weight excluding hydrogens is 882 g/mol. The minimum Gasteiger partial charge on any atom is -0.388 e. The smallest absolute Gasteiger partial charge is 0.165 e. The van der Waals surface area contributed by atoms with Gasteiger partial charge >= 0.3 is 0 Å². The number of carbonyl (C=O) groups is 2. The number of fused-ring (bicyclic) bond motifs is 3. The van der Waals surface area contributed by atoms with Crippen LogP contribution in [0.5, 0.6) is 0 Å². The van der Waals surface area contributed by atoms with Gasteiger partial charge in [-0.15, -0.1) is 0 Å². The SMILES string of the molecule is CCCCC(CC)CC1(CC(CC)CCCC)c2cc(C(=O)CC(O)c3ccc(I)cc3)ccc2-c2ccc(C(=O)CC(O)c3ccc(I)cc3)cc21. The van der Waals surface area contributed by atoms with E-state index in [2.05, 4.69) is 97.1 Å². The number of unbranched alkanes of at least 4 members (excludes halogenated alkanes) is 2. The number of aliphatic hydroxyl groups is 2. The first-order valence-corrected chi connectivity index (χ1v) is 21.9. The Morgan fingerprint density at radius 3 is 1.30 bits per heavy atom. The van der Waals surface area contributed by atoms with Crippen molar-refractivity contribution in [3.63, 3.8) is 0 Å². The molecule has 1 aliphatic carbocycles. The van der Waals surface area contributed by atoms with Gasteiger partial charge in [0.1, 0.15) is 0 Å². The van der Waals surface area contributed by atoms with E-state index in [0.29, 0.717) is 23.0 Å². The molecule has 0 aromatic heterocycles. The molecule has 0 spiro atoms. The zero-order valence-corrected chi connectivity index (χ0v) is 36.2. The van der Waals surface area contributed by atoms with Gasteiger partial charge in [-0.05, 0) is 140 Å². The van der Waals surface area contributed by atoms with Gasteiger partial charge in [0.05, 0.1) is 12.2 Å². The summed E-state index contributed by atoms with van der Waals surface area (Å²) in [5.74, 6) is 0.837. The Bertz CT molecular complexity index is 1700.